The van der Waals surface area contributed by atoms with Gasteiger partial charge in [-0.3, -0.25) is 0 Å². The molecule has 1 N–H and O–H groups in total. The molecule has 1 rings (SSSR count). The molecule has 1 aromatic heterocycles. The molecule has 1 amide bonds. The summed E-state index contributed by atoms with van der Waals surface area (Å²) in [6, 6.07) is 3.60. The molecule has 0 aromatic carbocycles. The summed E-state index contributed by atoms with van der Waals surface area (Å²) < 4.78 is 0. The molecule has 0 radical (unpaired) electrons. The summed E-state index contributed by atoms with van der Waals surface area (Å²) in [4.78, 5) is 11.2. The molecule has 0 fully saturated rings. The second kappa shape index (κ2) is 4.93. The van der Waals surface area contributed by atoms with Crippen LogP contribution in [0.3, 0.4) is 0 Å². The molecule has 0 atom stereocenters. The van der Waals surface area contributed by atoms with E-state index in [0.717, 1.165) is 0 Å². The SMILES string of the molecule is O=C(NCCCl)c1cbccc1. The Bertz CT molecular complexity index is 252. The predicted molar refractivity (Wildman–Crippen MR) is 50.8 cm³/mol. The van der Waals surface area contributed by atoms with Crippen LogP contribution in [0.1, 0.15) is 10.4 Å². The molecule has 0 aliphatic heterocycles. The third-order valence-corrected chi connectivity index (χ3v) is 1.61. The maximum absolute atomic E-state index is 11.2. The van der Waals surface area contributed by atoms with Crippen LogP contribution in [-0.2, 0) is 0 Å². The molecule has 12 heavy (non-hydrogen) atoms. The van der Waals surface area contributed by atoms with E-state index in [9.17, 15) is 4.79 Å². The molecule has 0 bridgehead atoms. The molecule has 0 saturated carbocycles. The van der Waals surface area contributed by atoms with Gasteiger partial charge in [0.15, 0.2) is 0 Å². The van der Waals surface area contributed by atoms with Crippen molar-refractivity contribution in [3.8, 4) is 0 Å². The molecular formula is C8H9BClNO. The summed E-state index contributed by atoms with van der Waals surface area (Å²) >= 11 is 5.42. The van der Waals surface area contributed by atoms with Crippen molar-refractivity contribution >= 4 is 24.4 Å². The second-order valence-electron chi connectivity index (χ2n) is 2.31. The maximum atomic E-state index is 11.2. The van der Waals surface area contributed by atoms with Crippen LogP contribution >= 0.6 is 11.6 Å². The molecule has 4 heteroatoms. The van der Waals surface area contributed by atoms with Gasteiger partial charge < -0.3 is 0 Å². The normalized spacial score (nSPS) is 9.08. The molecule has 0 aliphatic carbocycles. The first-order valence-corrected chi connectivity index (χ1v) is 4.27. The molecule has 1 aromatic rings. The van der Waals surface area contributed by atoms with Crippen LogP contribution in [0.5, 0.6) is 0 Å². The second-order valence-corrected chi connectivity index (χ2v) is 2.69. The molecular weight excluding hydrogens is 172 g/mol. The zero-order valence-electron chi connectivity index (χ0n) is 6.59. The van der Waals surface area contributed by atoms with Gasteiger partial charge >= 0.3 is 76.6 Å². The third kappa shape index (κ3) is 2.66. The molecule has 0 spiro atoms. The van der Waals surface area contributed by atoms with E-state index in [1.807, 2.05) is 18.9 Å². The van der Waals surface area contributed by atoms with Crippen LogP contribution in [0.15, 0.2) is 24.1 Å². The van der Waals surface area contributed by atoms with Crippen molar-refractivity contribution < 1.29 is 4.79 Å². The van der Waals surface area contributed by atoms with E-state index in [2.05, 4.69) is 5.32 Å². The zero-order valence-corrected chi connectivity index (χ0v) is 7.34. The van der Waals surface area contributed by atoms with E-state index in [0.29, 0.717) is 18.0 Å². The summed E-state index contributed by atoms with van der Waals surface area (Å²) in [5.74, 6) is 4.01. The van der Waals surface area contributed by atoms with Gasteiger partial charge in [-0.1, -0.05) is 0 Å². The van der Waals surface area contributed by atoms with Crippen LogP contribution in [-0.4, -0.2) is 25.2 Å². The van der Waals surface area contributed by atoms with Crippen LogP contribution in [0.25, 0.3) is 0 Å². The van der Waals surface area contributed by atoms with Crippen molar-refractivity contribution in [3.63, 3.8) is 0 Å². The summed E-state index contributed by atoms with van der Waals surface area (Å²) in [7, 11) is 0. The first-order chi connectivity index (χ1) is 5.84. The van der Waals surface area contributed by atoms with E-state index in [1.54, 1.807) is 12.0 Å². The number of carbonyl (C=O) groups excluding carboxylic acids is 1. The van der Waals surface area contributed by atoms with Gasteiger partial charge in [-0.05, 0) is 0 Å². The Kier molecular flexibility index (Phi) is 3.81. The average Bonchev–Trinajstić information content (AvgIpc) is 2.15. The van der Waals surface area contributed by atoms with E-state index >= 15 is 0 Å². The van der Waals surface area contributed by atoms with Crippen LogP contribution in [0.2, 0.25) is 0 Å². The molecule has 2 nitrogen and oxygen atoms in total. The fraction of sp³-hybridized carbons (Fsp3) is 0.250. The van der Waals surface area contributed by atoms with E-state index in [1.165, 1.54) is 0 Å². The van der Waals surface area contributed by atoms with Gasteiger partial charge in [-0.2, -0.15) is 0 Å². The average molecular weight is 181 g/mol. The summed E-state index contributed by atoms with van der Waals surface area (Å²) in [5, 5.41) is 2.68. The quantitative estimate of drug-likeness (QED) is 0.693. The van der Waals surface area contributed by atoms with Crippen LogP contribution < -0.4 is 5.32 Å². The van der Waals surface area contributed by atoms with Gasteiger partial charge in [0.05, 0.1) is 0 Å². The monoisotopic (exact) mass is 181 g/mol. The van der Waals surface area contributed by atoms with E-state index in [-0.39, 0.29) is 5.91 Å². The number of hydrogen-bond acceptors (Lipinski definition) is 1. The van der Waals surface area contributed by atoms with Crippen molar-refractivity contribution in [3.05, 3.63) is 29.6 Å². The van der Waals surface area contributed by atoms with E-state index in [4.69, 9.17) is 11.6 Å². The third-order valence-electron chi connectivity index (χ3n) is 1.42. The van der Waals surface area contributed by atoms with Gasteiger partial charge in [0.25, 0.3) is 0 Å². The molecule has 0 unspecified atom stereocenters. The Morgan fingerprint density at radius 3 is 3.08 bits per heavy atom. The Morgan fingerprint density at radius 1 is 1.67 bits per heavy atom. The number of hydrogen-bond donors (Lipinski definition) is 1. The number of rotatable bonds is 3. The van der Waals surface area contributed by atoms with Crippen molar-refractivity contribution in [1.82, 2.24) is 5.32 Å². The van der Waals surface area contributed by atoms with Crippen molar-refractivity contribution in [2.75, 3.05) is 12.4 Å². The Hall–Kier alpha value is -0.825. The summed E-state index contributed by atoms with van der Waals surface area (Å²) in [6.45, 7) is 2.34. The molecule has 62 valence electrons. The zero-order chi connectivity index (χ0) is 8.81. The Balaban J connectivity index is 2.54. The van der Waals surface area contributed by atoms with E-state index < -0.39 is 0 Å². The summed E-state index contributed by atoms with van der Waals surface area (Å²) in [6.07, 6.45) is 0. The number of alkyl halides is 1. The van der Waals surface area contributed by atoms with Gasteiger partial charge in [-0.25, -0.2) is 0 Å². The van der Waals surface area contributed by atoms with Crippen LogP contribution in [0, 0.1) is 0 Å². The van der Waals surface area contributed by atoms with Gasteiger partial charge in [0.2, 0.25) is 0 Å². The Labute approximate surface area is 77.1 Å². The fourth-order valence-corrected chi connectivity index (χ4v) is 0.947. The minimum absolute atomic E-state index is 0.0729. The van der Waals surface area contributed by atoms with Gasteiger partial charge in [-0.15, -0.1) is 0 Å². The summed E-state index contributed by atoms with van der Waals surface area (Å²) in [5.41, 5.74) is 0.669. The number of halogens is 1. The number of carbonyl (C=O) groups is 1. The van der Waals surface area contributed by atoms with Gasteiger partial charge in [0, 0.05) is 0 Å². The molecule has 1 heterocycles. The molecule has 0 aliphatic rings. The number of amides is 1. The first kappa shape index (κ1) is 9.26. The fourth-order valence-electron chi connectivity index (χ4n) is 0.852. The van der Waals surface area contributed by atoms with Crippen molar-refractivity contribution in [2.24, 2.45) is 0 Å². The standard InChI is InChI=1S/C8H9BClNO/c10-4-5-11-8(12)7-2-1-3-9-6-7/h1-3,6H,4-5H2,(H,11,12). The van der Waals surface area contributed by atoms with Gasteiger partial charge in [0.1, 0.15) is 0 Å². The minimum atomic E-state index is -0.0729. The molecule has 0 saturated heterocycles. The Morgan fingerprint density at radius 2 is 2.50 bits per heavy atom. The number of nitrogens with one attached hydrogen (secondary N) is 1. The first-order valence-electron chi connectivity index (χ1n) is 3.74. The van der Waals surface area contributed by atoms with Crippen LogP contribution in [0.4, 0.5) is 0 Å². The predicted octanol–water partition coefficient (Wildman–Crippen LogP) is 0.993. The van der Waals surface area contributed by atoms with Crippen molar-refractivity contribution in [2.45, 2.75) is 0 Å². The topological polar surface area (TPSA) is 29.1 Å². The van der Waals surface area contributed by atoms with Crippen molar-refractivity contribution in [1.29, 1.82) is 0 Å².